The standard InChI is InChI=1S/C32H30Cl2N6O/c1-21-9-11-23(12-10-21)17-28-35-30(29-22(2)37-40(31(29)36-28)27-7-4-3-5-8-27)38-13-6-14-39(16-15-38)32(41)24-18-25(33)20-26(34)19-24/h3-5,7-12,18-20H,6,13-17H2,1-2H3. The Labute approximate surface area is 249 Å². The second-order valence-corrected chi connectivity index (χ2v) is 11.3. The number of nitrogens with zero attached hydrogens (tertiary/aromatic N) is 6. The van der Waals surface area contributed by atoms with E-state index in [1.165, 1.54) is 5.56 Å². The third kappa shape index (κ3) is 5.78. The number of amides is 1. The summed E-state index contributed by atoms with van der Waals surface area (Å²) >= 11 is 12.4. The van der Waals surface area contributed by atoms with Crippen LogP contribution in [0.25, 0.3) is 16.7 Å². The summed E-state index contributed by atoms with van der Waals surface area (Å²) in [6.45, 7) is 6.66. The molecule has 0 unspecified atom stereocenters. The van der Waals surface area contributed by atoms with Gasteiger partial charge in [0, 0.05) is 48.2 Å². The van der Waals surface area contributed by atoms with Gasteiger partial charge < -0.3 is 9.80 Å². The summed E-state index contributed by atoms with van der Waals surface area (Å²) in [7, 11) is 0. The number of hydrogen-bond donors (Lipinski definition) is 0. The van der Waals surface area contributed by atoms with Gasteiger partial charge in [0.15, 0.2) is 5.65 Å². The molecule has 7 nitrogen and oxygen atoms in total. The SMILES string of the molecule is Cc1ccc(Cc2nc(N3CCCN(C(=O)c4cc(Cl)cc(Cl)c4)CC3)c3c(C)nn(-c4ccccc4)c3n2)cc1. The Bertz CT molecular complexity index is 1700. The van der Waals surface area contributed by atoms with Crippen LogP contribution >= 0.6 is 23.2 Å². The Kier molecular flexibility index (Phi) is 7.65. The van der Waals surface area contributed by atoms with Crippen LogP contribution in [0.1, 0.15) is 39.4 Å². The zero-order chi connectivity index (χ0) is 28.5. The summed E-state index contributed by atoms with van der Waals surface area (Å²) in [4.78, 5) is 27.7. The maximum atomic E-state index is 13.4. The highest BCUT2D eigenvalue weighted by atomic mass is 35.5. The lowest BCUT2D eigenvalue weighted by atomic mass is 10.1. The molecule has 1 aliphatic heterocycles. The van der Waals surface area contributed by atoms with Gasteiger partial charge in [0.1, 0.15) is 11.6 Å². The number of rotatable bonds is 5. The monoisotopic (exact) mass is 584 g/mol. The van der Waals surface area contributed by atoms with Crippen molar-refractivity contribution in [3.8, 4) is 5.69 Å². The van der Waals surface area contributed by atoms with Crippen molar-refractivity contribution in [1.82, 2.24) is 24.6 Å². The molecule has 0 saturated carbocycles. The second kappa shape index (κ2) is 11.5. The third-order valence-electron chi connectivity index (χ3n) is 7.41. The molecule has 0 N–H and O–H groups in total. The van der Waals surface area contributed by atoms with Crippen molar-refractivity contribution in [2.24, 2.45) is 0 Å². The molecule has 3 aromatic carbocycles. The van der Waals surface area contributed by atoms with Gasteiger partial charge in [0.05, 0.1) is 16.8 Å². The Morgan fingerprint density at radius 1 is 0.854 bits per heavy atom. The summed E-state index contributed by atoms with van der Waals surface area (Å²) in [5.74, 6) is 1.52. The summed E-state index contributed by atoms with van der Waals surface area (Å²) in [5, 5.41) is 6.73. The number of anilines is 1. The van der Waals surface area contributed by atoms with Gasteiger partial charge in [-0.3, -0.25) is 4.79 Å². The Morgan fingerprint density at radius 3 is 2.32 bits per heavy atom. The van der Waals surface area contributed by atoms with Crippen molar-refractivity contribution in [2.75, 3.05) is 31.1 Å². The van der Waals surface area contributed by atoms with E-state index < -0.39 is 0 Å². The number of carbonyl (C=O) groups excluding carboxylic acids is 1. The van der Waals surface area contributed by atoms with E-state index >= 15 is 0 Å². The molecule has 1 saturated heterocycles. The van der Waals surface area contributed by atoms with E-state index in [1.54, 1.807) is 18.2 Å². The fraction of sp³-hybridized carbons (Fsp3) is 0.250. The highest BCUT2D eigenvalue weighted by molar-refractivity contribution is 6.35. The molecule has 9 heteroatoms. The lowest BCUT2D eigenvalue weighted by Gasteiger charge is -2.24. The molecule has 0 radical (unpaired) electrons. The molecular weight excluding hydrogens is 555 g/mol. The minimum atomic E-state index is -0.0720. The topological polar surface area (TPSA) is 67.2 Å². The first kappa shape index (κ1) is 27.2. The lowest BCUT2D eigenvalue weighted by molar-refractivity contribution is 0.0767. The van der Waals surface area contributed by atoms with Crippen molar-refractivity contribution in [2.45, 2.75) is 26.7 Å². The normalized spacial score (nSPS) is 14.0. The van der Waals surface area contributed by atoms with E-state index in [9.17, 15) is 4.79 Å². The first-order chi connectivity index (χ1) is 19.9. The van der Waals surface area contributed by atoms with Gasteiger partial charge in [0.25, 0.3) is 5.91 Å². The average molecular weight is 586 g/mol. The van der Waals surface area contributed by atoms with Gasteiger partial charge in [-0.1, -0.05) is 71.2 Å². The molecule has 0 atom stereocenters. The predicted octanol–water partition coefficient (Wildman–Crippen LogP) is 6.68. The highest BCUT2D eigenvalue weighted by Gasteiger charge is 2.26. The maximum absolute atomic E-state index is 13.4. The van der Waals surface area contributed by atoms with Crippen LogP contribution in [0, 0.1) is 13.8 Å². The molecule has 208 valence electrons. The molecule has 1 aliphatic rings. The Balaban J connectivity index is 1.37. The van der Waals surface area contributed by atoms with E-state index in [4.69, 9.17) is 38.3 Å². The molecular formula is C32H30Cl2N6O. The largest absolute Gasteiger partial charge is 0.354 e. The number of aromatic nitrogens is 4. The van der Waals surface area contributed by atoms with Gasteiger partial charge in [-0.15, -0.1) is 0 Å². The Morgan fingerprint density at radius 2 is 1.59 bits per heavy atom. The van der Waals surface area contributed by atoms with Gasteiger partial charge >= 0.3 is 0 Å². The van der Waals surface area contributed by atoms with Crippen molar-refractivity contribution < 1.29 is 4.79 Å². The number of carbonyl (C=O) groups is 1. The van der Waals surface area contributed by atoms with Crippen LogP contribution in [0.15, 0.2) is 72.8 Å². The number of halogens is 2. The molecule has 3 heterocycles. The number of benzene rings is 3. The lowest BCUT2D eigenvalue weighted by Crippen LogP contribution is -2.35. The highest BCUT2D eigenvalue weighted by Crippen LogP contribution is 2.30. The van der Waals surface area contributed by atoms with Gasteiger partial charge in [-0.25, -0.2) is 14.6 Å². The number of para-hydroxylation sites is 1. The van der Waals surface area contributed by atoms with E-state index in [2.05, 4.69) is 36.1 Å². The minimum Gasteiger partial charge on any atom is -0.354 e. The Hall–Kier alpha value is -3.94. The van der Waals surface area contributed by atoms with Gasteiger partial charge in [-0.2, -0.15) is 5.10 Å². The van der Waals surface area contributed by atoms with Gasteiger partial charge in [-0.05, 0) is 56.2 Å². The van der Waals surface area contributed by atoms with E-state index in [1.807, 2.05) is 46.8 Å². The molecule has 41 heavy (non-hydrogen) atoms. The second-order valence-electron chi connectivity index (χ2n) is 10.4. The van der Waals surface area contributed by atoms with Crippen molar-refractivity contribution >= 4 is 46.0 Å². The number of aryl methyl sites for hydroxylation is 2. The van der Waals surface area contributed by atoms with Crippen LogP contribution < -0.4 is 4.90 Å². The van der Waals surface area contributed by atoms with Crippen LogP contribution in [0.4, 0.5) is 5.82 Å². The van der Waals surface area contributed by atoms with E-state index in [0.717, 1.165) is 52.6 Å². The average Bonchev–Trinajstić information content (AvgIpc) is 3.13. The van der Waals surface area contributed by atoms with Crippen LogP contribution in [-0.2, 0) is 6.42 Å². The molecule has 6 rings (SSSR count). The molecule has 2 aromatic heterocycles. The molecule has 1 amide bonds. The maximum Gasteiger partial charge on any atom is 0.254 e. The first-order valence-corrected chi connectivity index (χ1v) is 14.5. The molecule has 0 aliphatic carbocycles. The molecule has 5 aromatic rings. The van der Waals surface area contributed by atoms with E-state index in [0.29, 0.717) is 41.7 Å². The zero-order valence-electron chi connectivity index (χ0n) is 23.0. The predicted molar refractivity (Wildman–Crippen MR) is 165 cm³/mol. The van der Waals surface area contributed by atoms with Crippen LogP contribution in [-0.4, -0.2) is 56.7 Å². The molecule has 0 spiro atoms. The van der Waals surface area contributed by atoms with Crippen LogP contribution in [0.2, 0.25) is 10.0 Å². The fourth-order valence-corrected chi connectivity index (χ4v) is 5.87. The summed E-state index contributed by atoms with van der Waals surface area (Å²) in [5.41, 5.74) is 5.46. The van der Waals surface area contributed by atoms with Gasteiger partial charge in [0.2, 0.25) is 0 Å². The minimum absolute atomic E-state index is 0.0720. The van der Waals surface area contributed by atoms with Crippen LogP contribution in [0.5, 0.6) is 0 Å². The summed E-state index contributed by atoms with van der Waals surface area (Å²) in [6.07, 6.45) is 1.40. The smallest absolute Gasteiger partial charge is 0.254 e. The molecule has 1 fully saturated rings. The van der Waals surface area contributed by atoms with Crippen molar-refractivity contribution in [1.29, 1.82) is 0 Å². The zero-order valence-corrected chi connectivity index (χ0v) is 24.5. The van der Waals surface area contributed by atoms with Crippen LogP contribution in [0.3, 0.4) is 0 Å². The number of hydrogen-bond acceptors (Lipinski definition) is 5. The summed E-state index contributed by atoms with van der Waals surface area (Å²) in [6, 6.07) is 23.5. The fourth-order valence-electron chi connectivity index (χ4n) is 5.34. The molecule has 0 bridgehead atoms. The summed E-state index contributed by atoms with van der Waals surface area (Å²) < 4.78 is 1.91. The first-order valence-electron chi connectivity index (χ1n) is 13.7. The quantitative estimate of drug-likeness (QED) is 0.230. The van der Waals surface area contributed by atoms with Crippen molar-refractivity contribution in [3.63, 3.8) is 0 Å². The van der Waals surface area contributed by atoms with E-state index in [-0.39, 0.29) is 5.91 Å². The number of fused-ring (bicyclic) bond motifs is 1. The van der Waals surface area contributed by atoms with Crippen molar-refractivity contribution in [3.05, 3.63) is 111 Å². The third-order valence-corrected chi connectivity index (χ3v) is 7.84.